The first kappa shape index (κ1) is 15.4. The average molecular weight is 349 g/mol. The Morgan fingerprint density at radius 2 is 1.96 bits per heavy atom. The zero-order valence-corrected chi connectivity index (χ0v) is 14.1. The van der Waals surface area contributed by atoms with Gasteiger partial charge in [0.25, 0.3) is 5.91 Å². The van der Waals surface area contributed by atoms with Gasteiger partial charge in [-0.3, -0.25) is 9.20 Å². The molecule has 4 aromatic rings. The molecule has 0 bridgehead atoms. The highest BCUT2D eigenvalue weighted by Gasteiger charge is 2.09. The zero-order valence-electron chi connectivity index (χ0n) is 13.3. The number of fused-ring (bicyclic) bond motifs is 1. The fourth-order valence-corrected chi connectivity index (χ4v) is 3.18. The van der Waals surface area contributed by atoms with Crippen molar-refractivity contribution < 1.29 is 9.53 Å². The lowest BCUT2D eigenvalue weighted by Gasteiger charge is -2.08. The van der Waals surface area contributed by atoms with E-state index in [4.69, 9.17) is 4.74 Å². The molecule has 0 radical (unpaired) electrons. The minimum absolute atomic E-state index is 0.158. The summed E-state index contributed by atoms with van der Waals surface area (Å²) in [7, 11) is 0. The topological polar surface area (TPSA) is 55.6 Å². The van der Waals surface area contributed by atoms with Crippen molar-refractivity contribution in [3.63, 3.8) is 0 Å². The van der Waals surface area contributed by atoms with Crippen LogP contribution in [-0.4, -0.2) is 15.3 Å². The van der Waals surface area contributed by atoms with Gasteiger partial charge in [0.2, 0.25) is 0 Å². The molecule has 25 heavy (non-hydrogen) atoms. The van der Waals surface area contributed by atoms with E-state index in [0.29, 0.717) is 17.9 Å². The van der Waals surface area contributed by atoms with Crippen LogP contribution in [0.2, 0.25) is 0 Å². The molecule has 1 N–H and O–H groups in total. The number of benzene rings is 2. The van der Waals surface area contributed by atoms with E-state index in [0.717, 1.165) is 16.4 Å². The molecule has 0 fully saturated rings. The summed E-state index contributed by atoms with van der Waals surface area (Å²) in [5, 5.41) is 4.87. The molecule has 0 saturated heterocycles. The number of amides is 1. The summed E-state index contributed by atoms with van der Waals surface area (Å²) in [6, 6.07) is 16.6. The summed E-state index contributed by atoms with van der Waals surface area (Å²) in [5.41, 5.74) is 1.38. The van der Waals surface area contributed by atoms with Crippen LogP contribution in [0, 0.1) is 0 Å². The third-order valence-electron chi connectivity index (χ3n) is 3.65. The van der Waals surface area contributed by atoms with Gasteiger partial charge in [0, 0.05) is 23.3 Å². The zero-order chi connectivity index (χ0) is 17.1. The van der Waals surface area contributed by atoms with Gasteiger partial charge in [-0.1, -0.05) is 24.3 Å². The van der Waals surface area contributed by atoms with E-state index in [2.05, 4.69) is 10.3 Å². The van der Waals surface area contributed by atoms with Crippen LogP contribution in [-0.2, 0) is 6.54 Å². The van der Waals surface area contributed by atoms with Crippen molar-refractivity contribution in [1.82, 2.24) is 14.7 Å². The van der Waals surface area contributed by atoms with Crippen LogP contribution in [0.4, 0.5) is 0 Å². The fourth-order valence-electron chi connectivity index (χ4n) is 2.46. The van der Waals surface area contributed by atoms with Crippen molar-refractivity contribution >= 4 is 22.2 Å². The summed E-state index contributed by atoms with van der Waals surface area (Å²) in [6.45, 7) is 0.386. The molecule has 1 amide bonds. The highest BCUT2D eigenvalue weighted by Crippen LogP contribution is 2.21. The van der Waals surface area contributed by atoms with Crippen LogP contribution >= 0.6 is 11.3 Å². The first-order valence-electron chi connectivity index (χ1n) is 7.80. The van der Waals surface area contributed by atoms with Crippen LogP contribution in [0.15, 0.2) is 72.4 Å². The Hall–Kier alpha value is -3.12. The third-order valence-corrected chi connectivity index (χ3v) is 4.42. The molecule has 0 spiro atoms. The summed E-state index contributed by atoms with van der Waals surface area (Å²) in [6.07, 6.45) is 3.86. The smallest absolute Gasteiger partial charge is 0.251 e. The molecule has 0 saturated carbocycles. The summed E-state index contributed by atoms with van der Waals surface area (Å²) in [5.74, 6) is 1.20. The van der Waals surface area contributed by atoms with Gasteiger partial charge in [0.05, 0.1) is 12.2 Å². The standard InChI is InChI=1S/C19H15N3O2S/c23-18(20-12-15-13-22-9-10-25-19(22)21-15)14-5-4-8-17(11-14)24-16-6-2-1-3-7-16/h1-11,13H,12H2,(H,20,23). The Balaban J connectivity index is 1.43. The number of hydrogen-bond acceptors (Lipinski definition) is 4. The Kier molecular flexibility index (Phi) is 4.18. The van der Waals surface area contributed by atoms with E-state index in [-0.39, 0.29) is 5.91 Å². The van der Waals surface area contributed by atoms with Crippen LogP contribution in [0.5, 0.6) is 11.5 Å². The minimum atomic E-state index is -0.158. The number of para-hydroxylation sites is 1. The maximum atomic E-state index is 12.4. The van der Waals surface area contributed by atoms with Gasteiger partial charge in [-0.15, -0.1) is 11.3 Å². The molecule has 4 rings (SSSR count). The number of rotatable bonds is 5. The number of imidazole rings is 1. The van der Waals surface area contributed by atoms with Crippen LogP contribution in [0.25, 0.3) is 4.96 Å². The van der Waals surface area contributed by atoms with E-state index in [9.17, 15) is 4.79 Å². The molecule has 2 heterocycles. The number of carbonyl (C=O) groups is 1. The highest BCUT2D eigenvalue weighted by atomic mass is 32.1. The number of nitrogens with one attached hydrogen (secondary N) is 1. The third kappa shape index (κ3) is 3.54. The first-order chi connectivity index (χ1) is 12.3. The summed E-state index contributed by atoms with van der Waals surface area (Å²) < 4.78 is 7.71. The van der Waals surface area contributed by atoms with Crippen molar-refractivity contribution in [2.45, 2.75) is 6.54 Å². The molecular formula is C19H15N3O2S. The Bertz CT molecular complexity index is 979. The van der Waals surface area contributed by atoms with Gasteiger partial charge in [-0.25, -0.2) is 4.98 Å². The first-order valence-corrected chi connectivity index (χ1v) is 8.68. The molecule has 0 aliphatic heterocycles. The van der Waals surface area contributed by atoms with E-state index in [1.54, 1.807) is 29.5 Å². The lowest BCUT2D eigenvalue weighted by atomic mass is 10.2. The van der Waals surface area contributed by atoms with Gasteiger partial charge >= 0.3 is 0 Å². The van der Waals surface area contributed by atoms with Crippen molar-refractivity contribution in [2.75, 3.05) is 0 Å². The quantitative estimate of drug-likeness (QED) is 0.590. The summed E-state index contributed by atoms with van der Waals surface area (Å²) >= 11 is 1.56. The molecule has 5 nitrogen and oxygen atoms in total. The highest BCUT2D eigenvalue weighted by molar-refractivity contribution is 7.15. The Morgan fingerprint density at radius 1 is 1.12 bits per heavy atom. The summed E-state index contributed by atoms with van der Waals surface area (Å²) in [4.78, 5) is 17.8. The normalized spacial score (nSPS) is 10.7. The van der Waals surface area contributed by atoms with Crippen LogP contribution in [0.3, 0.4) is 0 Å². The molecule has 2 aromatic heterocycles. The van der Waals surface area contributed by atoms with E-state index >= 15 is 0 Å². The number of nitrogens with zero attached hydrogens (tertiary/aromatic N) is 2. The molecule has 2 aromatic carbocycles. The predicted octanol–water partition coefficient (Wildman–Crippen LogP) is 4.12. The maximum absolute atomic E-state index is 12.4. The second kappa shape index (κ2) is 6.78. The molecule has 0 aliphatic carbocycles. The van der Waals surface area contributed by atoms with Gasteiger partial charge < -0.3 is 10.1 Å². The minimum Gasteiger partial charge on any atom is -0.457 e. The molecule has 0 atom stereocenters. The van der Waals surface area contributed by atoms with E-state index < -0.39 is 0 Å². The largest absolute Gasteiger partial charge is 0.457 e. The number of ether oxygens (including phenoxy) is 1. The van der Waals surface area contributed by atoms with Gasteiger partial charge in [0.1, 0.15) is 11.5 Å². The van der Waals surface area contributed by atoms with Gasteiger partial charge in [0.15, 0.2) is 4.96 Å². The molecule has 0 unspecified atom stereocenters. The van der Waals surface area contributed by atoms with Gasteiger partial charge in [-0.05, 0) is 30.3 Å². The van der Waals surface area contributed by atoms with Crippen molar-refractivity contribution in [1.29, 1.82) is 0 Å². The molecule has 124 valence electrons. The van der Waals surface area contributed by atoms with Crippen LogP contribution in [0.1, 0.15) is 16.1 Å². The number of thiazole rings is 1. The fraction of sp³-hybridized carbons (Fsp3) is 0.0526. The lowest BCUT2D eigenvalue weighted by Crippen LogP contribution is -2.22. The van der Waals surface area contributed by atoms with Gasteiger partial charge in [-0.2, -0.15) is 0 Å². The average Bonchev–Trinajstić information content (AvgIpc) is 3.22. The number of aromatic nitrogens is 2. The maximum Gasteiger partial charge on any atom is 0.251 e. The van der Waals surface area contributed by atoms with E-state index in [1.807, 2.05) is 58.6 Å². The van der Waals surface area contributed by atoms with Crippen molar-refractivity contribution in [3.8, 4) is 11.5 Å². The number of carbonyl (C=O) groups excluding carboxylic acids is 1. The molecular weight excluding hydrogens is 334 g/mol. The lowest BCUT2D eigenvalue weighted by molar-refractivity contribution is 0.0950. The SMILES string of the molecule is O=C(NCc1cn2ccsc2n1)c1cccc(Oc2ccccc2)c1. The molecule has 0 aliphatic rings. The molecule has 6 heteroatoms. The van der Waals surface area contributed by atoms with Crippen molar-refractivity contribution in [3.05, 3.63) is 83.6 Å². The predicted molar refractivity (Wildman–Crippen MR) is 97.2 cm³/mol. The number of hydrogen-bond donors (Lipinski definition) is 1. The Labute approximate surface area is 148 Å². The Morgan fingerprint density at radius 3 is 2.80 bits per heavy atom. The van der Waals surface area contributed by atoms with E-state index in [1.165, 1.54) is 0 Å². The monoisotopic (exact) mass is 349 g/mol. The van der Waals surface area contributed by atoms with Crippen molar-refractivity contribution in [2.24, 2.45) is 0 Å². The second-order valence-corrected chi connectivity index (χ2v) is 6.32. The second-order valence-electron chi connectivity index (χ2n) is 5.45. The van der Waals surface area contributed by atoms with Crippen LogP contribution < -0.4 is 10.1 Å².